The maximum absolute atomic E-state index is 13.1. The standard InChI is InChI=1S/C17H28FN3O2S/c1-14(2)17-13-21(24(22,23)19(3)4)11-5-10-20(17)12-15-6-8-16(18)9-7-15/h6-9,14,17H,5,10-13H2,1-4H3/t17-/m1/s1. The van der Waals surface area contributed by atoms with Gasteiger partial charge in [-0.3, -0.25) is 4.90 Å². The van der Waals surface area contributed by atoms with E-state index in [4.69, 9.17) is 0 Å². The SMILES string of the molecule is CC(C)[C@H]1CN(S(=O)(=O)N(C)C)CCCN1Cc1ccc(F)cc1. The lowest BCUT2D eigenvalue weighted by Gasteiger charge is -2.34. The first-order chi connectivity index (χ1) is 11.2. The van der Waals surface area contributed by atoms with Gasteiger partial charge in [-0.05, 0) is 30.0 Å². The molecule has 1 atom stereocenters. The molecule has 0 bridgehead atoms. The summed E-state index contributed by atoms with van der Waals surface area (Å²) in [6.07, 6.45) is 0.789. The molecule has 0 unspecified atom stereocenters. The van der Waals surface area contributed by atoms with Crippen LogP contribution in [0.5, 0.6) is 0 Å². The summed E-state index contributed by atoms with van der Waals surface area (Å²) in [6, 6.07) is 6.67. The number of halogens is 1. The number of hydrogen-bond donors (Lipinski definition) is 0. The lowest BCUT2D eigenvalue weighted by Crippen LogP contribution is -2.48. The number of benzene rings is 1. The largest absolute Gasteiger partial charge is 0.295 e. The maximum atomic E-state index is 13.1. The van der Waals surface area contributed by atoms with Crippen molar-refractivity contribution in [3.8, 4) is 0 Å². The first-order valence-corrected chi connectivity index (χ1v) is 9.77. The average molecular weight is 357 g/mol. The summed E-state index contributed by atoms with van der Waals surface area (Å²) in [5.41, 5.74) is 1.05. The van der Waals surface area contributed by atoms with Crippen LogP contribution in [0.2, 0.25) is 0 Å². The monoisotopic (exact) mass is 357 g/mol. The first kappa shape index (κ1) is 19.3. The van der Waals surface area contributed by atoms with Gasteiger partial charge >= 0.3 is 0 Å². The number of rotatable bonds is 5. The van der Waals surface area contributed by atoms with Gasteiger partial charge in [0.15, 0.2) is 0 Å². The minimum Gasteiger partial charge on any atom is -0.295 e. The third kappa shape index (κ3) is 4.53. The summed E-state index contributed by atoms with van der Waals surface area (Å²) < 4.78 is 41.0. The van der Waals surface area contributed by atoms with Crippen molar-refractivity contribution >= 4 is 10.2 Å². The summed E-state index contributed by atoms with van der Waals surface area (Å²) in [5.74, 6) is 0.0849. The average Bonchev–Trinajstić information content (AvgIpc) is 2.72. The molecule has 0 aliphatic carbocycles. The fourth-order valence-corrected chi connectivity index (χ4v) is 4.29. The van der Waals surface area contributed by atoms with Gasteiger partial charge < -0.3 is 0 Å². The molecule has 1 fully saturated rings. The topological polar surface area (TPSA) is 43.9 Å². The minimum absolute atomic E-state index is 0.132. The molecule has 7 heteroatoms. The van der Waals surface area contributed by atoms with Crippen LogP contribution in [-0.2, 0) is 16.8 Å². The summed E-state index contributed by atoms with van der Waals surface area (Å²) in [4.78, 5) is 2.32. The van der Waals surface area contributed by atoms with Gasteiger partial charge in [0, 0.05) is 46.3 Å². The van der Waals surface area contributed by atoms with Gasteiger partial charge in [-0.1, -0.05) is 26.0 Å². The molecule has 0 spiro atoms. The Bertz CT molecular complexity index is 632. The zero-order chi connectivity index (χ0) is 17.9. The Kier molecular flexibility index (Phi) is 6.36. The Morgan fingerprint density at radius 1 is 1.21 bits per heavy atom. The van der Waals surface area contributed by atoms with Crippen molar-refractivity contribution < 1.29 is 12.8 Å². The van der Waals surface area contributed by atoms with Crippen LogP contribution in [0.25, 0.3) is 0 Å². The molecule has 1 aromatic rings. The molecule has 1 saturated heterocycles. The highest BCUT2D eigenvalue weighted by Crippen LogP contribution is 2.22. The molecule has 136 valence electrons. The van der Waals surface area contributed by atoms with E-state index in [0.717, 1.165) is 18.5 Å². The molecule has 2 rings (SSSR count). The van der Waals surface area contributed by atoms with Gasteiger partial charge in [0.05, 0.1) is 0 Å². The fraction of sp³-hybridized carbons (Fsp3) is 0.647. The van der Waals surface area contributed by atoms with Crippen molar-refractivity contribution in [2.75, 3.05) is 33.7 Å². The van der Waals surface area contributed by atoms with E-state index in [1.807, 2.05) is 0 Å². The molecular weight excluding hydrogens is 329 g/mol. The highest BCUT2D eigenvalue weighted by Gasteiger charge is 2.33. The van der Waals surface area contributed by atoms with Crippen LogP contribution < -0.4 is 0 Å². The van der Waals surface area contributed by atoms with Gasteiger partial charge in [0.25, 0.3) is 10.2 Å². The van der Waals surface area contributed by atoms with E-state index in [0.29, 0.717) is 25.6 Å². The third-order valence-electron chi connectivity index (χ3n) is 4.57. The summed E-state index contributed by atoms with van der Waals surface area (Å²) in [5, 5.41) is 0. The molecule has 1 aliphatic heterocycles. The quantitative estimate of drug-likeness (QED) is 0.811. The lowest BCUT2D eigenvalue weighted by atomic mass is 10.0. The number of hydrogen-bond acceptors (Lipinski definition) is 3. The third-order valence-corrected chi connectivity index (χ3v) is 6.48. The van der Waals surface area contributed by atoms with Crippen molar-refractivity contribution in [2.24, 2.45) is 5.92 Å². The first-order valence-electron chi connectivity index (χ1n) is 8.38. The molecular formula is C17H28FN3O2S. The smallest absolute Gasteiger partial charge is 0.281 e. The van der Waals surface area contributed by atoms with Crippen molar-refractivity contribution in [2.45, 2.75) is 32.9 Å². The van der Waals surface area contributed by atoms with Gasteiger partial charge in [-0.2, -0.15) is 17.0 Å². The molecule has 1 aromatic carbocycles. The van der Waals surface area contributed by atoms with Gasteiger partial charge in [0.2, 0.25) is 0 Å². The highest BCUT2D eigenvalue weighted by atomic mass is 32.2. The second-order valence-corrected chi connectivity index (χ2v) is 9.05. The molecule has 0 aromatic heterocycles. The summed E-state index contributed by atoms with van der Waals surface area (Å²) in [6.45, 7) is 6.80. The van der Waals surface area contributed by atoms with Gasteiger partial charge in [-0.15, -0.1) is 0 Å². The summed E-state index contributed by atoms with van der Waals surface area (Å²) >= 11 is 0. The van der Waals surface area contributed by atoms with Crippen LogP contribution in [0.3, 0.4) is 0 Å². The highest BCUT2D eigenvalue weighted by molar-refractivity contribution is 7.86. The lowest BCUT2D eigenvalue weighted by molar-refractivity contribution is 0.148. The Balaban J connectivity index is 2.19. The molecule has 0 saturated carbocycles. The second-order valence-electron chi connectivity index (χ2n) is 6.91. The van der Waals surface area contributed by atoms with E-state index in [-0.39, 0.29) is 11.9 Å². The zero-order valence-corrected chi connectivity index (χ0v) is 15.8. The summed E-state index contributed by atoms with van der Waals surface area (Å²) in [7, 11) is -0.261. The normalized spacial score (nSPS) is 21.4. The Labute approximate surface area is 145 Å². The van der Waals surface area contributed by atoms with Crippen molar-refractivity contribution in [1.82, 2.24) is 13.5 Å². The predicted molar refractivity (Wildman–Crippen MR) is 94.2 cm³/mol. The number of nitrogens with zero attached hydrogens (tertiary/aromatic N) is 3. The molecule has 5 nitrogen and oxygen atoms in total. The van der Waals surface area contributed by atoms with E-state index in [1.165, 1.54) is 16.4 Å². The van der Waals surface area contributed by atoms with E-state index < -0.39 is 10.2 Å². The van der Waals surface area contributed by atoms with Crippen molar-refractivity contribution in [3.05, 3.63) is 35.6 Å². The van der Waals surface area contributed by atoms with E-state index in [2.05, 4.69) is 18.7 Å². The Morgan fingerprint density at radius 2 is 1.83 bits per heavy atom. The van der Waals surface area contributed by atoms with Crippen LogP contribution >= 0.6 is 0 Å². The Morgan fingerprint density at radius 3 is 2.38 bits per heavy atom. The van der Waals surface area contributed by atoms with Crippen molar-refractivity contribution in [1.29, 1.82) is 0 Å². The predicted octanol–water partition coefficient (Wildman–Crippen LogP) is 2.16. The van der Waals surface area contributed by atoms with Crippen molar-refractivity contribution in [3.63, 3.8) is 0 Å². The fourth-order valence-electron chi connectivity index (χ4n) is 3.12. The van der Waals surface area contributed by atoms with E-state index in [1.54, 1.807) is 30.5 Å². The molecule has 1 aliphatic rings. The van der Waals surface area contributed by atoms with Crippen LogP contribution in [0.1, 0.15) is 25.8 Å². The van der Waals surface area contributed by atoms with Crippen LogP contribution in [0, 0.1) is 11.7 Å². The molecule has 0 amide bonds. The molecule has 24 heavy (non-hydrogen) atoms. The Hall–Kier alpha value is -1.02. The molecule has 0 N–H and O–H groups in total. The van der Waals surface area contributed by atoms with Gasteiger partial charge in [-0.25, -0.2) is 4.39 Å². The second kappa shape index (κ2) is 7.91. The van der Waals surface area contributed by atoms with E-state index >= 15 is 0 Å². The zero-order valence-electron chi connectivity index (χ0n) is 14.9. The molecule has 1 heterocycles. The van der Waals surface area contributed by atoms with Crippen LogP contribution in [-0.4, -0.2) is 61.7 Å². The van der Waals surface area contributed by atoms with Gasteiger partial charge in [0.1, 0.15) is 5.82 Å². The molecule has 0 radical (unpaired) electrons. The van der Waals surface area contributed by atoms with Crippen LogP contribution in [0.4, 0.5) is 4.39 Å². The minimum atomic E-state index is -3.40. The van der Waals surface area contributed by atoms with Crippen LogP contribution in [0.15, 0.2) is 24.3 Å². The maximum Gasteiger partial charge on any atom is 0.281 e. The van der Waals surface area contributed by atoms with E-state index in [9.17, 15) is 12.8 Å².